The number of carbonyl (C=O) groups excluding carboxylic acids is 4. The van der Waals surface area contributed by atoms with Crippen LogP contribution in [0.4, 0.5) is 0 Å². The molecule has 2 heterocycles. The fraction of sp³-hybridized carbons (Fsp3) is 0.765. The number of hydrogen-bond acceptors (Lipinski definition) is 7. The van der Waals surface area contributed by atoms with Crippen molar-refractivity contribution in [2.24, 2.45) is 11.8 Å². The lowest BCUT2D eigenvalue weighted by atomic mass is 9.81. The van der Waals surface area contributed by atoms with Gasteiger partial charge in [0.2, 0.25) is 11.8 Å². The molecule has 150 valence electrons. The molecule has 1 saturated carbocycles. The van der Waals surface area contributed by atoms with Gasteiger partial charge in [-0.05, 0) is 19.3 Å². The number of ether oxygens (including phenoxy) is 1. The van der Waals surface area contributed by atoms with Crippen LogP contribution < -0.4 is 5.32 Å². The minimum atomic E-state index is -3.10. The Balaban J connectivity index is 1.39. The SMILES string of the molecule is O=C(COC(=O)CCN1C(=O)[C@@H]2CCCC[C@H]2C1=O)N[C@@H]1CCS(=O)(=O)C1. The molecule has 2 saturated heterocycles. The van der Waals surface area contributed by atoms with Crippen molar-refractivity contribution in [2.75, 3.05) is 24.7 Å². The minimum absolute atomic E-state index is 0.0357. The second kappa shape index (κ2) is 7.95. The largest absolute Gasteiger partial charge is 0.456 e. The number of rotatable bonds is 6. The molecule has 0 bridgehead atoms. The third-order valence-corrected chi connectivity index (χ3v) is 7.20. The number of nitrogens with one attached hydrogen (secondary N) is 1. The van der Waals surface area contributed by atoms with Gasteiger partial charge in [0.05, 0.1) is 29.8 Å². The molecule has 1 aliphatic carbocycles. The minimum Gasteiger partial charge on any atom is -0.456 e. The zero-order valence-electron chi connectivity index (χ0n) is 15.0. The highest BCUT2D eigenvalue weighted by molar-refractivity contribution is 7.91. The predicted molar refractivity (Wildman–Crippen MR) is 92.9 cm³/mol. The van der Waals surface area contributed by atoms with Crippen molar-refractivity contribution >= 4 is 33.5 Å². The fourth-order valence-corrected chi connectivity index (χ4v) is 5.72. The number of hydrogen-bond donors (Lipinski definition) is 1. The number of fused-ring (bicyclic) bond motifs is 1. The van der Waals surface area contributed by atoms with Crippen LogP contribution in [0.15, 0.2) is 0 Å². The van der Waals surface area contributed by atoms with Crippen molar-refractivity contribution in [1.82, 2.24) is 10.2 Å². The summed E-state index contributed by atoms with van der Waals surface area (Å²) in [6.07, 6.45) is 3.49. The molecular formula is C17H24N2O7S. The summed E-state index contributed by atoms with van der Waals surface area (Å²) in [6.45, 7) is -0.547. The van der Waals surface area contributed by atoms with E-state index in [1.165, 1.54) is 0 Å². The van der Waals surface area contributed by atoms with Crippen molar-refractivity contribution < 1.29 is 32.3 Å². The van der Waals surface area contributed by atoms with E-state index in [4.69, 9.17) is 4.74 Å². The molecule has 0 aromatic heterocycles. The van der Waals surface area contributed by atoms with E-state index in [0.29, 0.717) is 19.3 Å². The molecule has 0 aromatic rings. The van der Waals surface area contributed by atoms with E-state index < -0.39 is 34.4 Å². The summed E-state index contributed by atoms with van der Waals surface area (Å²) in [7, 11) is -3.10. The first-order valence-electron chi connectivity index (χ1n) is 9.27. The van der Waals surface area contributed by atoms with Crippen molar-refractivity contribution in [1.29, 1.82) is 0 Å². The zero-order chi connectivity index (χ0) is 19.6. The lowest BCUT2D eigenvalue weighted by Gasteiger charge is -2.19. The Morgan fingerprint density at radius 2 is 1.70 bits per heavy atom. The van der Waals surface area contributed by atoms with Crippen LogP contribution in [0, 0.1) is 11.8 Å². The number of amides is 3. The van der Waals surface area contributed by atoms with Gasteiger partial charge in [0.25, 0.3) is 5.91 Å². The monoisotopic (exact) mass is 400 g/mol. The summed E-state index contributed by atoms with van der Waals surface area (Å²) < 4.78 is 27.6. The predicted octanol–water partition coefficient (Wildman–Crippen LogP) is -0.602. The van der Waals surface area contributed by atoms with Gasteiger partial charge >= 0.3 is 5.97 Å². The Kier molecular flexibility index (Phi) is 5.83. The van der Waals surface area contributed by atoms with Gasteiger partial charge in [0.15, 0.2) is 16.4 Å². The summed E-state index contributed by atoms with van der Waals surface area (Å²) >= 11 is 0. The number of esters is 1. The van der Waals surface area contributed by atoms with Gasteiger partial charge < -0.3 is 10.1 Å². The molecule has 3 aliphatic rings. The highest BCUT2D eigenvalue weighted by Crippen LogP contribution is 2.37. The molecule has 3 fully saturated rings. The zero-order valence-corrected chi connectivity index (χ0v) is 15.8. The Morgan fingerprint density at radius 3 is 2.26 bits per heavy atom. The van der Waals surface area contributed by atoms with Gasteiger partial charge in [-0.3, -0.25) is 24.1 Å². The normalized spacial score (nSPS) is 29.5. The van der Waals surface area contributed by atoms with Crippen molar-refractivity contribution in [3.05, 3.63) is 0 Å². The topological polar surface area (TPSA) is 127 Å². The molecule has 3 rings (SSSR count). The average Bonchev–Trinajstić information content (AvgIpc) is 3.09. The summed E-state index contributed by atoms with van der Waals surface area (Å²) in [5.41, 5.74) is 0. The molecule has 0 radical (unpaired) electrons. The van der Waals surface area contributed by atoms with E-state index in [-0.39, 0.29) is 48.1 Å². The van der Waals surface area contributed by atoms with E-state index in [9.17, 15) is 27.6 Å². The molecule has 10 heteroatoms. The van der Waals surface area contributed by atoms with Crippen LogP contribution in [0.2, 0.25) is 0 Å². The lowest BCUT2D eigenvalue weighted by Crippen LogP contribution is -2.38. The van der Waals surface area contributed by atoms with Crippen LogP contribution in [-0.2, 0) is 33.8 Å². The Morgan fingerprint density at radius 1 is 1.07 bits per heavy atom. The number of carbonyl (C=O) groups is 4. The van der Waals surface area contributed by atoms with Gasteiger partial charge in [-0.2, -0.15) is 0 Å². The van der Waals surface area contributed by atoms with E-state index in [1.807, 2.05) is 0 Å². The number of nitrogens with zero attached hydrogens (tertiary/aromatic N) is 1. The van der Waals surface area contributed by atoms with Crippen molar-refractivity contribution in [3.63, 3.8) is 0 Å². The maximum absolute atomic E-state index is 12.3. The molecule has 27 heavy (non-hydrogen) atoms. The molecule has 0 spiro atoms. The fourth-order valence-electron chi connectivity index (χ4n) is 4.05. The van der Waals surface area contributed by atoms with Crippen LogP contribution in [0.3, 0.4) is 0 Å². The lowest BCUT2D eigenvalue weighted by molar-refractivity contribution is -0.150. The second-order valence-corrected chi connectivity index (χ2v) is 9.63. The highest BCUT2D eigenvalue weighted by Gasteiger charge is 2.47. The smallest absolute Gasteiger partial charge is 0.308 e. The second-order valence-electron chi connectivity index (χ2n) is 7.40. The number of sulfone groups is 1. The van der Waals surface area contributed by atoms with Crippen LogP contribution in [0.5, 0.6) is 0 Å². The van der Waals surface area contributed by atoms with E-state index in [0.717, 1.165) is 17.7 Å². The van der Waals surface area contributed by atoms with Gasteiger partial charge in [-0.25, -0.2) is 8.42 Å². The first kappa shape index (κ1) is 19.8. The van der Waals surface area contributed by atoms with Crippen LogP contribution in [-0.4, -0.2) is 67.7 Å². The maximum atomic E-state index is 12.3. The molecule has 3 atom stereocenters. The van der Waals surface area contributed by atoms with Crippen molar-refractivity contribution in [2.45, 2.75) is 44.6 Å². The maximum Gasteiger partial charge on any atom is 0.308 e. The molecule has 0 unspecified atom stereocenters. The molecule has 9 nitrogen and oxygen atoms in total. The Bertz CT molecular complexity index is 724. The van der Waals surface area contributed by atoms with Gasteiger partial charge in [-0.15, -0.1) is 0 Å². The van der Waals surface area contributed by atoms with Gasteiger partial charge in [-0.1, -0.05) is 12.8 Å². The number of likely N-dealkylation sites (tertiary alicyclic amines) is 1. The van der Waals surface area contributed by atoms with E-state index in [2.05, 4.69) is 5.32 Å². The molecule has 0 aromatic carbocycles. The molecule has 1 N–H and O–H groups in total. The third-order valence-electron chi connectivity index (χ3n) is 5.43. The number of imide groups is 1. The van der Waals surface area contributed by atoms with E-state index in [1.54, 1.807) is 0 Å². The van der Waals surface area contributed by atoms with Crippen molar-refractivity contribution in [3.8, 4) is 0 Å². The molecular weight excluding hydrogens is 376 g/mol. The summed E-state index contributed by atoms with van der Waals surface area (Å²) in [5.74, 6) is -2.24. The first-order valence-corrected chi connectivity index (χ1v) is 11.1. The van der Waals surface area contributed by atoms with Crippen LogP contribution >= 0.6 is 0 Å². The Hall–Kier alpha value is -1.97. The first-order chi connectivity index (χ1) is 12.8. The summed E-state index contributed by atoms with van der Waals surface area (Å²) in [6, 6.07) is -0.454. The standard InChI is InChI=1S/C17H24N2O7S/c20-14(18-11-6-8-27(24,25)10-11)9-26-15(21)5-7-19-16(22)12-3-1-2-4-13(12)17(19)23/h11-13H,1-10H2,(H,18,20)/t11-,12-,13-/m1/s1. The van der Waals surface area contributed by atoms with Gasteiger partial charge in [0.1, 0.15) is 0 Å². The molecule has 3 amide bonds. The highest BCUT2D eigenvalue weighted by atomic mass is 32.2. The quantitative estimate of drug-likeness (QED) is 0.466. The third kappa shape index (κ3) is 4.66. The molecule has 2 aliphatic heterocycles. The van der Waals surface area contributed by atoms with Gasteiger partial charge in [0, 0.05) is 12.6 Å². The average molecular weight is 400 g/mol. The van der Waals surface area contributed by atoms with Crippen LogP contribution in [0.25, 0.3) is 0 Å². The van der Waals surface area contributed by atoms with E-state index >= 15 is 0 Å². The van der Waals surface area contributed by atoms with Crippen LogP contribution in [0.1, 0.15) is 38.5 Å². The summed E-state index contributed by atoms with van der Waals surface area (Å²) in [5, 5.41) is 2.52. The summed E-state index contributed by atoms with van der Waals surface area (Å²) in [4.78, 5) is 49.3. The Labute approximate surface area is 157 Å².